The number of anilines is 2. The highest BCUT2D eigenvalue weighted by molar-refractivity contribution is 5.66. The lowest BCUT2D eigenvalue weighted by Crippen LogP contribution is -2.18. The smallest absolute Gasteiger partial charge is 0.124 e. The molecule has 3 heteroatoms. The highest BCUT2D eigenvalue weighted by Crippen LogP contribution is 2.33. The van der Waals surface area contributed by atoms with Crippen LogP contribution >= 0.6 is 0 Å². The second-order valence-corrected chi connectivity index (χ2v) is 7.74. The maximum atomic E-state index is 5.48. The fourth-order valence-electron chi connectivity index (χ4n) is 3.72. The average molecular weight is 398 g/mol. The first-order valence-electron chi connectivity index (χ1n) is 11.3. The van der Waals surface area contributed by atoms with Crippen LogP contribution in [0.15, 0.2) is 48.5 Å². The lowest BCUT2D eigenvalue weighted by atomic mass is 10.1. The molecule has 0 saturated heterocycles. The maximum absolute atomic E-state index is 5.48. The van der Waals surface area contributed by atoms with Gasteiger partial charge in [-0.3, -0.25) is 0 Å². The topological polar surface area (TPSA) is 21.7 Å². The minimum atomic E-state index is 0.823. The van der Waals surface area contributed by atoms with Crippen molar-refractivity contribution in [2.75, 3.05) is 25.7 Å². The quantitative estimate of drug-likeness (QED) is 0.287. The number of unbranched alkanes of at least 4 members (excludes halogenated alkanes) is 9. The van der Waals surface area contributed by atoms with Crippen LogP contribution < -0.4 is 14.4 Å². The molecule has 0 amide bonds. The van der Waals surface area contributed by atoms with Gasteiger partial charge in [0.05, 0.1) is 14.2 Å². The average Bonchev–Trinajstić information content (AvgIpc) is 2.77. The molecule has 29 heavy (non-hydrogen) atoms. The molecule has 0 aliphatic carbocycles. The molecule has 0 fully saturated rings. The van der Waals surface area contributed by atoms with Gasteiger partial charge in [0, 0.05) is 36.1 Å². The Kier molecular flexibility index (Phi) is 11.1. The number of hydrogen-bond acceptors (Lipinski definition) is 3. The summed E-state index contributed by atoms with van der Waals surface area (Å²) in [6, 6.07) is 16.7. The molecule has 0 unspecified atom stereocenters. The van der Waals surface area contributed by atoms with Gasteiger partial charge in [-0.25, -0.2) is 0 Å². The van der Waals surface area contributed by atoms with Crippen LogP contribution in [0.25, 0.3) is 0 Å². The molecule has 0 aliphatic rings. The number of hydrogen-bond donors (Lipinski definition) is 0. The molecule has 3 nitrogen and oxygen atoms in total. The van der Waals surface area contributed by atoms with Crippen LogP contribution in [0.5, 0.6) is 11.5 Å². The second-order valence-electron chi connectivity index (χ2n) is 7.74. The highest BCUT2D eigenvalue weighted by atomic mass is 16.5. The lowest BCUT2D eigenvalue weighted by molar-refractivity contribution is 0.394. The summed E-state index contributed by atoms with van der Waals surface area (Å²) in [5, 5.41) is 0. The largest absolute Gasteiger partial charge is 0.497 e. The van der Waals surface area contributed by atoms with Crippen molar-refractivity contribution in [1.29, 1.82) is 0 Å². The molecule has 160 valence electrons. The molecule has 0 heterocycles. The predicted octanol–water partition coefficient (Wildman–Crippen LogP) is 7.76. The maximum Gasteiger partial charge on any atom is 0.124 e. The van der Waals surface area contributed by atoms with Crippen molar-refractivity contribution in [2.24, 2.45) is 0 Å². The summed E-state index contributed by atoms with van der Waals surface area (Å²) in [6.07, 6.45) is 13.5. The summed E-state index contributed by atoms with van der Waals surface area (Å²) in [5.74, 6) is 1.65. The van der Waals surface area contributed by atoms with E-state index in [1.807, 2.05) is 6.07 Å². The Bertz CT molecular complexity index is 649. The van der Waals surface area contributed by atoms with Gasteiger partial charge in [-0.2, -0.15) is 0 Å². The predicted molar refractivity (Wildman–Crippen MR) is 125 cm³/mol. The molecule has 0 aliphatic heterocycles. The minimum absolute atomic E-state index is 0.823. The van der Waals surface area contributed by atoms with Crippen molar-refractivity contribution in [1.82, 2.24) is 0 Å². The minimum Gasteiger partial charge on any atom is -0.497 e. The standard InChI is InChI=1S/C26H39NO2/c1-4-5-6-7-8-9-10-11-12-16-19-27(23-17-14-13-15-18-23)24-20-25(28-2)22-26(21-24)29-3/h13-15,17-18,20-22H,4-12,16,19H2,1-3H3. The van der Waals surface area contributed by atoms with Crippen molar-refractivity contribution in [3.05, 3.63) is 48.5 Å². The van der Waals surface area contributed by atoms with Gasteiger partial charge in [-0.05, 0) is 18.6 Å². The first-order valence-corrected chi connectivity index (χ1v) is 11.3. The lowest BCUT2D eigenvalue weighted by Gasteiger charge is -2.26. The van der Waals surface area contributed by atoms with Crippen LogP contribution in [-0.4, -0.2) is 20.8 Å². The van der Waals surface area contributed by atoms with Gasteiger partial charge in [0.1, 0.15) is 11.5 Å². The first-order chi connectivity index (χ1) is 14.3. The third kappa shape index (κ3) is 8.39. The van der Waals surface area contributed by atoms with Gasteiger partial charge in [0.15, 0.2) is 0 Å². The Morgan fingerprint density at radius 3 is 1.66 bits per heavy atom. The Labute approximate surface area is 178 Å². The van der Waals surface area contributed by atoms with E-state index in [4.69, 9.17) is 9.47 Å². The van der Waals surface area contributed by atoms with E-state index in [9.17, 15) is 0 Å². The van der Waals surface area contributed by atoms with E-state index < -0.39 is 0 Å². The van der Waals surface area contributed by atoms with E-state index in [1.165, 1.54) is 69.9 Å². The fourth-order valence-corrected chi connectivity index (χ4v) is 3.72. The van der Waals surface area contributed by atoms with Gasteiger partial charge in [0.2, 0.25) is 0 Å². The van der Waals surface area contributed by atoms with Gasteiger partial charge in [-0.15, -0.1) is 0 Å². The summed E-state index contributed by atoms with van der Waals surface area (Å²) in [4.78, 5) is 2.37. The van der Waals surface area contributed by atoms with Gasteiger partial charge < -0.3 is 14.4 Å². The zero-order chi connectivity index (χ0) is 20.7. The summed E-state index contributed by atoms with van der Waals surface area (Å²) >= 11 is 0. The molecule has 2 rings (SSSR count). The highest BCUT2D eigenvalue weighted by Gasteiger charge is 2.12. The van der Waals surface area contributed by atoms with E-state index in [1.54, 1.807) is 14.2 Å². The first kappa shape index (κ1) is 23.1. The Morgan fingerprint density at radius 1 is 0.621 bits per heavy atom. The molecule has 0 bridgehead atoms. The van der Waals surface area contributed by atoms with Crippen molar-refractivity contribution in [3.8, 4) is 11.5 Å². The monoisotopic (exact) mass is 397 g/mol. The van der Waals surface area contributed by atoms with Crippen molar-refractivity contribution in [2.45, 2.75) is 71.1 Å². The molecule has 0 spiro atoms. The number of nitrogens with zero attached hydrogens (tertiary/aromatic N) is 1. The molecule has 0 radical (unpaired) electrons. The fraction of sp³-hybridized carbons (Fsp3) is 0.538. The van der Waals surface area contributed by atoms with Gasteiger partial charge in [0.25, 0.3) is 0 Å². The van der Waals surface area contributed by atoms with Crippen LogP contribution in [0.1, 0.15) is 71.1 Å². The molecule has 0 atom stereocenters. The molecule has 0 saturated carbocycles. The zero-order valence-corrected chi connectivity index (χ0v) is 18.7. The Hall–Kier alpha value is -2.16. The molecular formula is C26H39NO2. The third-order valence-corrected chi connectivity index (χ3v) is 5.45. The molecule has 2 aromatic rings. The summed E-state index contributed by atoms with van der Waals surface area (Å²) in [6.45, 7) is 3.27. The van der Waals surface area contributed by atoms with Crippen molar-refractivity contribution < 1.29 is 9.47 Å². The molecule has 0 aromatic heterocycles. The Morgan fingerprint density at radius 2 is 1.14 bits per heavy atom. The number of methoxy groups -OCH3 is 2. The second kappa shape index (κ2) is 13.9. The molecular weight excluding hydrogens is 358 g/mol. The normalized spacial score (nSPS) is 10.7. The van der Waals surface area contributed by atoms with Crippen LogP contribution in [0.3, 0.4) is 0 Å². The SMILES string of the molecule is CCCCCCCCCCCCN(c1ccccc1)c1cc(OC)cc(OC)c1. The van der Waals surface area contributed by atoms with Crippen LogP contribution in [0.2, 0.25) is 0 Å². The number of benzene rings is 2. The third-order valence-electron chi connectivity index (χ3n) is 5.45. The van der Waals surface area contributed by atoms with E-state index >= 15 is 0 Å². The summed E-state index contributed by atoms with van der Waals surface area (Å²) in [5.41, 5.74) is 2.32. The zero-order valence-electron chi connectivity index (χ0n) is 18.7. The van der Waals surface area contributed by atoms with E-state index in [-0.39, 0.29) is 0 Å². The molecule has 2 aromatic carbocycles. The number of ether oxygens (including phenoxy) is 2. The van der Waals surface area contributed by atoms with Crippen LogP contribution in [0.4, 0.5) is 11.4 Å². The van der Waals surface area contributed by atoms with E-state index in [0.717, 1.165) is 23.7 Å². The van der Waals surface area contributed by atoms with Gasteiger partial charge >= 0.3 is 0 Å². The number of rotatable bonds is 15. The van der Waals surface area contributed by atoms with Crippen molar-refractivity contribution in [3.63, 3.8) is 0 Å². The van der Waals surface area contributed by atoms with E-state index in [0.29, 0.717) is 0 Å². The number of para-hydroxylation sites is 1. The summed E-state index contributed by atoms with van der Waals surface area (Å²) in [7, 11) is 3.40. The van der Waals surface area contributed by atoms with Gasteiger partial charge in [-0.1, -0.05) is 82.9 Å². The van der Waals surface area contributed by atoms with Crippen LogP contribution in [0, 0.1) is 0 Å². The Balaban J connectivity index is 1.89. The molecule has 0 N–H and O–H groups in total. The summed E-state index contributed by atoms with van der Waals surface area (Å²) < 4.78 is 11.0. The van der Waals surface area contributed by atoms with Crippen molar-refractivity contribution >= 4 is 11.4 Å². The van der Waals surface area contributed by atoms with E-state index in [2.05, 4.69) is 54.3 Å². The van der Waals surface area contributed by atoms with Crippen LogP contribution in [-0.2, 0) is 0 Å².